The van der Waals surface area contributed by atoms with Crippen molar-refractivity contribution in [1.82, 2.24) is 4.98 Å². The molecule has 0 aliphatic rings. The maximum Gasteiger partial charge on any atom is 0.242 e. The summed E-state index contributed by atoms with van der Waals surface area (Å²) in [4.78, 5) is 4.08. The van der Waals surface area contributed by atoms with Crippen molar-refractivity contribution in [2.24, 2.45) is 0 Å². The number of nitrogen functional groups attached to an aromatic ring is 1. The molecule has 0 unspecified atom stereocenters. The molecular weight excluding hydrogens is 268 g/mol. The molecule has 82 valence electrons. The topological polar surface area (TPSA) is 48.1 Å². The zero-order chi connectivity index (χ0) is 11.5. The molecule has 0 radical (unpaired) electrons. The van der Waals surface area contributed by atoms with Gasteiger partial charge in [0.25, 0.3) is 0 Å². The normalized spacial score (nSPS) is 10.1. The Morgan fingerprint density at radius 3 is 2.81 bits per heavy atom. The first-order valence-electron chi connectivity index (χ1n) is 4.81. The molecule has 2 aromatic rings. The van der Waals surface area contributed by atoms with Crippen molar-refractivity contribution in [2.45, 2.75) is 6.92 Å². The van der Waals surface area contributed by atoms with Crippen molar-refractivity contribution in [3.05, 3.63) is 46.6 Å². The van der Waals surface area contributed by atoms with E-state index < -0.39 is 0 Å². The zero-order valence-electron chi connectivity index (χ0n) is 8.77. The summed E-state index contributed by atoms with van der Waals surface area (Å²) in [6.45, 7) is 1.97. The third kappa shape index (κ3) is 2.33. The first-order chi connectivity index (χ1) is 7.66. The van der Waals surface area contributed by atoms with E-state index in [1.807, 2.05) is 25.1 Å². The summed E-state index contributed by atoms with van der Waals surface area (Å²) < 4.78 is 6.66. The van der Waals surface area contributed by atoms with E-state index in [0.29, 0.717) is 11.6 Å². The zero-order valence-corrected chi connectivity index (χ0v) is 10.4. The summed E-state index contributed by atoms with van der Waals surface area (Å²) in [5.74, 6) is 1.20. The van der Waals surface area contributed by atoms with E-state index in [4.69, 9.17) is 10.5 Å². The number of hydrogen-bond donors (Lipinski definition) is 1. The lowest BCUT2D eigenvalue weighted by Crippen LogP contribution is -1.95. The molecule has 0 spiro atoms. The highest BCUT2D eigenvalue weighted by Crippen LogP contribution is 2.28. The predicted molar refractivity (Wildman–Crippen MR) is 67.6 cm³/mol. The van der Waals surface area contributed by atoms with Gasteiger partial charge in [-0.05, 0) is 42.8 Å². The lowest BCUT2D eigenvalue weighted by atomic mass is 10.2. The third-order valence-corrected chi connectivity index (χ3v) is 2.64. The lowest BCUT2D eigenvalue weighted by Gasteiger charge is -2.09. The minimum absolute atomic E-state index is 0.438. The van der Waals surface area contributed by atoms with E-state index in [1.54, 1.807) is 18.3 Å². The number of pyridine rings is 1. The molecule has 0 aliphatic carbocycles. The second-order valence-electron chi connectivity index (χ2n) is 3.41. The molecule has 0 atom stereocenters. The minimum atomic E-state index is 0.438. The van der Waals surface area contributed by atoms with Crippen molar-refractivity contribution >= 4 is 21.6 Å². The number of nitrogens with zero attached hydrogens (tertiary/aromatic N) is 1. The van der Waals surface area contributed by atoms with Gasteiger partial charge >= 0.3 is 0 Å². The Morgan fingerprint density at radius 2 is 2.12 bits per heavy atom. The maximum atomic E-state index is 5.75. The highest BCUT2D eigenvalue weighted by Gasteiger charge is 2.05. The molecule has 2 rings (SSSR count). The number of halogens is 1. The number of benzene rings is 1. The van der Waals surface area contributed by atoms with Crippen LogP contribution >= 0.6 is 15.9 Å². The third-order valence-electron chi connectivity index (χ3n) is 2.14. The summed E-state index contributed by atoms with van der Waals surface area (Å²) in [5, 5.41) is 0. The van der Waals surface area contributed by atoms with Crippen LogP contribution < -0.4 is 10.5 Å². The smallest absolute Gasteiger partial charge is 0.242 e. The van der Waals surface area contributed by atoms with E-state index in [0.717, 1.165) is 15.8 Å². The number of aryl methyl sites for hydroxylation is 1. The molecule has 0 fully saturated rings. The molecule has 0 aliphatic heterocycles. The van der Waals surface area contributed by atoms with E-state index in [1.165, 1.54) is 0 Å². The molecule has 1 heterocycles. The number of aromatic nitrogens is 1. The van der Waals surface area contributed by atoms with Crippen LogP contribution in [-0.4, -0.2) is 4.98 Å². The lowest BCUT2D eigenvalue weighted by molar-refractivity contribution is 0.462. The Balaban J connectivity index is 2.31. The molecule has 1 aromatic carbocycles. The maximum absolute atomic E-state index is 5.75. The summed E-state index contributed by atoms with van der Waals surface area (Å²) >= 11 is 3.40. The monoisotopic (exact) mass is 278 g/mol. The molecule has 2 N–H and O–H groups in total. The van der Waals surface area contributed by atoms with E-state index in [2.05, 4.69) is 20.9 Å². The molecule has 0 bridgehead atoms. The summed E-state index contributed by atoms with van der Waals surface area (Å²) in [5.41, 5.74) is 7.31. The quantitative estimate of drug-likeness (QED) is 0.914. The first kappa shape index (κ1) is 11.0. The van der Waals surface area contributed by atoms with Gasteiger partial charge in [-0.25, -0.2) is 4.98 Å². The molecule has 1 aromatic heterocycles. The number of rotatable bonds is 2. The van der Waals surface area contributed by atoms with E-state index in [-0.39, 0.29) is 0 Å². The van der Waals surface area contributed by atoms with Crippen LogP contribution in [0.1, 0.15) is 5.56 Å². The van der Waals surface area contributed by atoms with Gasteiger partial charge in [0.1, 0.15) is 5.75 Å². The van der Waals surface area contributed by atoms with Crippen LogP contribution in [0.2, 0.25) is 0 Å². The van der Waals surface area contributed by atoms with Gasteiger partial charge in [-0.2, -0.15) is 0 Å². The molecule has 3 nitrogen and oxygen atoms in total. The van der Waals surface area contributed by atoms with Crippen molar-refractivity contribution in [2.75, 3.05) is 5.73 Å². The number of hydrogen-bond acceptors (Lipinski definition) is 3. The van der Waals surface area contributed by atoms with Gasteiger partial charge in [-0.15, -0.1) is 0 Å². The Hall–Kier alpha value is -1.55. The van der Waals surface area contributed by atoms with Crippen LogP contribution in [0.4, 0.5) is 5.69 Å². The fraction of sp³-hybridized carbons (Fsp3) is 0.0833. The SMILES string of the molecule is Cc1cc(Br)ccc1Oc1ncccc1N. The van der Waals surface area contributed by atoms with Crippen LogP contribution in [0, 0.1) is 6.92 Å². The van der Waals surface area contributed by atoms with Crippen LogP contribution in [-0.2, 0) is 0 Å². The van der Waals surface area contributed by atoms with Crippen LogP contribution in [0.25, 0.3) is 0 Å². The average molecular weight is 279 g/mol. The first-order valence-corrected chi connectivity index (χ1v) is 5.60. The summed E-state index contributed by atoms with van der Waals surface area (Å²) in [7, 11) is 0. The van der Waals surface area contributed by atoms with Gasteiger partial charge in [0, 0.05) is 10.7 Å². The molecule has 0 saturated heterocycles. The van der Waals surface area contributed by atoms with Gasteiger partial charge in [0.15, 0.2) is 0 Å². The van der Waals surface area contributed by atoms with Crippen molar-refractivity contribution in [3.8, 4) is 11.6 Å². The molecular formula is C12H11BrN2O. The fourth-order valence-corrected chi connectivity index (χ4v) is 1.80. The van der Waals surface area contributed by atoms with Gasteiger partial charge in [-0.3, -0.25) is 0 Å². The van der Waals surface area contributed by atoms with Gasteiger partial charge in [0.2, 0.25) is 5.88 Å². The summed E-state index contributed by atoms with van der Waals surface area (Å²) in [6, 6.07) is 9.32. The standard InChI is InChI=1S/C12H11BrN2O/c1-8-7-9(13)4-5-11(8)16-12-10(14)3-2-6-15-12/h2-7H,14H2,1H3. The molecule has 16 heavy (non-hydrogen) atoms. The minimum Gasteiger partial charge on any atom is -0.437 e. The van der Waals surface area contributed by atoms with Crippen LogP contribution in [0.15, 0.2) is 41.0 Å². The van der Waals surface area contributed by atoms with Crippen molar-refractivity contribution in [1.29, 1.82) is 0 Å². The Kier molecular flexibility index (Phi) is 3.10. The number of anilines is 1. The van der Waals surface area contributed by atoms with Crippen molar-refractivity contribution in [3.63, 3.8) is 0 Å². The van der Waals surface area contributed by atoms with Gasteiger partial charge < -0.3 is 10.5 Å². The Bertz CT molecular complexity index is 514. The van der Waals surface area contributed by atoms with Crippen LogP contribution in [0.3, 0.4) is 0 Å². The van der Waals surface area contributed by atoms with Gasteiger partial charge in [-0.1, -0.05) is 15.9 Å². The molecule has 0 saturated carbocycles. The Labute approximate surface area is 102 Å². The number of ether oxygens (including phenoxy) is 1. The van der Waals surface area contributed by atoms with E-state index in [9.17, 15) is 0 Å². The number of nitrogens with two attached hydrogens (primary N) is 1. The Morgan fingerprint density at radius 1 is 1.31 bits per heavy atom. The average Bonchev–Trinajstić information content (AvgIpc) is 2.25. The largest absolute Gasteiger partial charge is 0.437 e. The van der Waals surface area contributed by atoms with Crippen LogP contribution in [0.5, 0.6) is 11.6 Å². The predicted octanol–water partition coefficient (Wildman–Crippen LogP) is 3.53. The fourth-order valence-electron chi connectivity index (χ4n) is 1.32. The molecule has 0 amide bonds. The summed E-state index contributed by atoms with van der Waals surface area (Å²) in [6.07, 6.45) is 1.65. The molecule has 4 heteroatoms. The highest BCUT2D eigenvalue weighted by molar-refractivity contribution is 9.10. The van der Waals surface area contributed by atoms with E-state index >= 15 is 0 Å². The van der Waals surface area contributed by atoms with Gasteiger partial charge in [0.05, 0.1) is 5.69 Å². The van der Waals surface area contributed by atoms with Crippen molar-refractivity contribution < 1.29 is 4.74 Å². The highest BCUT2D eigenvalue weighted by atomic mass is 79.9. The second kappa shape index (κ2) is 4.53. The second-order valence-corrected chi connectivity index (χ2v) is 4.33.